The number of nitrogens with zero attached hydrogens (tertiary/aromatic N) is 2. The highest BCUT2D eigenvalue weighted by molar-refractivity contribution is 6.33. The summed E-state index contributed by atoms with van der Waals surface area (Å²) in [5.74, 6) is -0.0240. The maximum Gasteiger partial charge on any atom is 0.282 e. The van der Waals surface area contributed by atoms with Crippen LogP contribution in [0, 0.1) is 11.6 Å². The number of carbonyl (C=O) groups excluding carboxylic acids is 1. The first-order chi connectivity index (χ1) is 14.0. The zero-order valence-corrected chi connectivity index (χ0v) is 15.5. The Morgan fingerprint density at radius 3 is 2.03 bits per heavy atom. The molecule has 0 aromatic heterocycles. The van der Waals surface area contributed by atoms with Crippen molar-refractivity contribution >= 4 is 23.5 Å². The molecule has 1 heterocycles. The lowest BCUT2D eigenvalue weighted by Gasteiger charge is -2.18. The number of halogens is 2. The summed E-state index contributed by atoms with van der Waals surface area (Å²) >= 11 is 0. The second-order valence-corrected chi connectivity index (χ2v) is 6.36. The summed E-state index contributed by atoms with van der Waals surface area (Å²) in [5.41, 5.74) is 2.04. The molecule has 29 heavy (non-hydrogen) atoms. The molecular weight excluding hydrogens is 374 g/mol. The second-order valence-electron chi connectivity index (χ2n) is 6.36. The molecule has 0 saturated heterocycles. The van der Waals surface area contributed by atoms with E-state index in [2.05, 4.69) is 4.99 Å². The molecule has 1 amide bonds. The lowest BCUT2D eigenvalue weighted by atomic mass is 10.1. The van der Waals surface area contributed by atoms with Gasteiger partial charge in [-0.1, -0.05) is 12.1 Å². The second kappa shape index (κ2) is 7.67. The maximum atomic E-state index is 13.4. The Morgan fingerprint density at radius 2 is 1.45 bits per heavy atom. The number of rotatable bonds is 4. The van der Waals surface area contributed by atoms with Crippen LogP contribution in [-0.4, -0.2) is 18.9 Å². The van der Waals surface area contributed by atoms with Crippen LogP contribution in [0.4, 0.5) is 14.5 Å². The van der Waals surface area contributed by atoms with Gasteiger partial charge in [-0.25, -0.2) is 13.8 Å². The van der Waals surface area contributed by atoms with Crippen molar-refractivity contribution in [2.75, 3.05) is 12.0 Å². The predicted octanol–water partition coefficient (Wildman–Crippen LogP) is 4.81. The number of ether oxygens (including phenoxy) is 1. The van der Waals surface area contributed by atoms with E-state index in [4.69, 9.17) is 4.74 Å². The van der Waals surface area contributed by atoms with Gasteiger partial charge in [-0.3, -0.25) is 9.69 Å². The first-order valence-corrected chi connectivity index (χ1v) is 8.85. The summed E-state index contributed by atoms with van der Waals surface area (Å²) in [6.45, 7) is 0. The fourth-order valence-electron chi connectivity index (χ4n) is 3.00. The smallest absolute Gasteiger partial charge is 0.282 e. The quantitative estimate of drug-likeness (QED) is 0.600. The van der Waals surface area contributed by atoms with Crippen LogP contribution < -0.4 is 9.64 Å². The molecule has 3 aromatic carbocycles. The van der Waals surface area contributed by atoms with Gasteiger partial charge in [-0.05, 0) is 72.3 Å². The van der Waals surface area contributed by atoms with Gasteiger partial charge in [0.15, 0.2) is 0 Å². The zero-order chi connectivity index (χ0) is 20.4. The molecule has 1 aliphatic heterocycles. The summed E-state index contributed by atoms with van der Waals surface area (Å²) in [6, 6.07) is 18.5. The van der Waals surface area contributed by atoms with Gasteiger partial charge in [0.25, 0.3) is 5.91 Å². The molecule has 3 aromatic rings. The van der Waals surface area contributed by atoms with Gasteiger partial charge in [0.2, 0.25) is 0 Å². The first kappa shape index (κ1) is 18.6. The van der Waals surface area contributed by atoms with E-state index in [1.165, 1.54) is 41.3 Å². The Morgan fingerprint density at radius 1 is 0.862 bits per heavy atom. The Bertz CT molecular complexity index is 1100. The third kappa shape index (κ3) is 3.78. The van der Waals surface area contributed by atoms with Gasteiger partial charge in [0.05, 0.1) is 12.8 Å². The fraction of sp³-hybridized carbons (Fsp3) is 0.0435. The van der Waals surface area contributed by atoms with Gasteiger partial charge in [0.1, 0.15) is 28.9 Å². The largest absolute Gasteiger partial charge is 0.497 e. The number of benzene rings is 3. The number of anilines is 1. The van der Waals surface area contributed by atoms with Crippen LogP contribution in [0.25, 0.3) is 6.08 Å². The van der Waals surface area contributed by atoms with Crippen molar-refractivity contribution in [2.24, 2.45) is 4.99 Å². The van der Waals surface area contributed by atoms with Crippen molar-refractivity contribution in [1.29, 1.82) is 0 Å². The van der Waals surface area contributed by atoms with E-state index < -0.39 is 5.82 Å². The van der Waals surface area contributed by atoms with Gasteiger partial charge in [0, 0.05) is 5.56 Å². The molecule has 0 fully saturated rings. The Balaban J connectivity index is 1.79. The van der Waals surface area contributed by atoms with Crippen molar-refractivity contribution in [3.05, 3.63) is 101 Å². The van der Waals surface area contributed by atoms with E-state index in [0.29, 0.717) is 28.4 Å². The molecule has 0 saturated carbocycles. The summed E-state index contributed by atoms with van der Waals surface area (Å²) in [4.78, 5) is 19.1. The molecule has 144 valence electrons. The van der Waals surface area contributed by atoms with Gasteiger partial charge in [-0.15, -0.1) is 0 Å². The van der Waals surface area contributed by atoms with E-state index in [9.17, 15) is 13.6 Å². The van der Waals surface area contributed by atoms with Crippen LogP contribution in [0.15, 0.2) is 83.5 Å². The molecule has 0 bridgehead atoms. The van der Waals surface area contributed by atoms with Gasteiger partial charge >= 0.3 is 0 Å². The fourth-order valence-corrected chi connectivity index (χ4v) is 3.00. The van der Waals surface area contributed by atoms with Gasteiger partial charge in [-0.2, -0.15) is 0 Å². The number of methoxy groups -OCH3 is 1. The minimum absolute atomic E-state index is 0.201. The Labute approximate surface area is 166 Å². The average Bonchev–Trinajstić information content (AvgIpc) is 3.06. The molecule has 0 radical (unpaired) electrons. The number of amides is 1. The number of amidine groups is 1. The summed E-state index contributed by atoms with van der Waals surface area (Å²) < 4.78 is 31.7. The standard InChI is InChI=1S/C23H16F2N2O2/c1-29-20-12-4-16(5-13-20)22-26-21(14-15-2-6-17(24)7-3-15)23(28)27(22)19-10-8-18(25)9-11-19/h2-14H,1H3/b21-14+. The van der Waals surface area contributed by atoms with Crippen molar-refractivity contribution in [3.63, 3.8) is 0 Å². The van der Waals surface area contributed by atoms with Crippen LogP contribution in [-0.2, 0) is 4.79 Å². The molecular formula is C23H16F2N2O2. The normalized spacial score (nSPS) is 15.0. The molecule has 0 spiro atoms. The highest BCUT2D eigenvalue weighted by Gasteiger charge is 2.32. The number of aliphatic imine (C=N–C) groups is 1. The van der Waals surface area contributed by atoms with E-state index in [0.717, 1.165) is 0 Å². The first-order valence-electron chi connectivity index (χ1n) is 8.85. The minimum Gasteiger partial charge on any atom is -0.497 e. The van der Waals surface area contributed by atoms with Crippen LogP contribution >= 0.6 is 0 Å². The molecule has 6 heteroatoms. The average molecular weight is 390 g/mol. The predicted molar refractivity (Wildman–Crippen MR) is 108 cm³/mol. The molecule has 4 nitrogen and oxygen atoms in total. The van der Waals surface area contributed by atoms with Crippen molar-refractivity contribution in [1.82, 2.24) is 0 Å². The van der Waals surface area contributed by atoms with E-state index in [1.54, 1.807) is 49.6 Å². The van der Waals surface area contributed by atoms with Gasteiger partial charge < -0.3 is 4.74 Å². The molecule has 0 aliphatic carbocycles. The van der Waals surface area contributed by atoms with Crippen molar-refractivity contribution in [3.8, 4) is 5.75 Å². The summed E-state index contributed by atoms with van der Waals surface area (Å²) in [6.07, 6.45) is 1.59. The molecule has 4 rings (SSSR count). The van der Waals surface area contributed by atoms with Crippen molar-refractivity contribution < 1.29 is 18.3 Å². The highest BCUT2D eigenvalue weighted by Crippen LogP contribution is 2.28. The summed E-state index contributed by atoms with van der Waals surface area (Å²) in [5, 5.41) is 0. The SMILES string of the molecule is COc1ccc(C2=N/C(=C/c3ccc(F)cc3)C(=O)N2c2ccc(F)cc2)cc1. The number of hydrogen-bond donors (Lipinski definition) is 0. The minimum atomic E-state index is -0.398. The molecule has 1 aliphatic rings. The Hall–Kier alpha value is -3.80. The molecule has 0 unspecified atom stereocenters. The molecule has 0 atom stereocenters. The van der Waals surface area contributed by atoms with E-state index >= 15 is 0 Å². The lowest BCUT2D eigenvalue weighted by molar-refractivity contribution is -0.113. The maximum absolute atomic E-state index is 13.4. The van der Waals surface area contributed by atoms with Crippen LogP contribution in [0.2, 0.25) is 0 Å². The van der Waals surface area contributed by atoms with E-state index in [-0.39, 0.29) is 17.4 Å². The van der Waals surface area contributed by atoms with E-state index in [1.807, 2.05) is 0 Å². The van der Waals surface area contributed by atoms with Crippen molar-refractivity contribution in [2.45, 2.75) is 0 Å². The van der Waals surface area contributed by atoms with Crippen LogP contribution in [0.5, 0.6) is 5.75 Å². The Kier molecular flexibility index (Phi) is 4.91. The third-order valence-electron chi connectivity index (χ3n) is 4.47. The van der Waals surface area contributed by atoms with Crippen LogP contribution in [0.3, 0.4) is 0 Å². The third-order valence-corrected chi connectivity index (χ3v) is 4.47. The van der Waals surface area contributed by atoms with Crippen LogP contribution in [0.1, 0.15) is 11.1 Å². The number of hydrogen-bond acceptors (Lipinski definition) is 3. The zero-order valence-electron chi connectivity index (χ0n) is 15.5. The molecule has 0 N–H and O–H groups in total. The summed E-state index contributed by atoms with van der Waals surface area (Å²) in [7, 11) is 1.57. The topological polar surface area (TPSA) is 41.9 Å². The highest BCUT2D eigenvalue weighted by atomic mass is 19.1. The lowest BCUT2D eigenvalue weighted by Crippen LogP contribution is -2.32. The monoisotopic (exact) mass is 390 g/mol. The number of carbonyl (C=O) groups is 1.